The molecule has 3 rings (SSSR count). The fourth-order valence-corrected chi connectivity index (χ4v) is 2.63. The van der Waals surface area contributed by atoms with E-state index in [1.54, 1.807) is 6.07 Å². The lowest BCUT2D eigenvalue weighted by atomic mass is 10.1. The van der Waals surface area contributed by atoms with Crippen LogP contribution in [-0.2, 0) is 0 Å². The average Bonchev–Trinajstić information content (AvgIpc) is 3.15. The molecule has 0 spiro atoms. The lowest BCUT2D eigenvalue weighted by molar-refractivity contribution is 0.392. The predicted octanol–water partition coefficient (Wildman–Crippen LogP) is 3.79. The van der Waals surface area contributed by atoms with Crippen molar-refractivity contribution in [1.82, 2.24) is 15.1 Å². The first-order valence-corrected chi connectivity index (χ1v) is 7.16. The molecule has 1 fully saturated rings. The van der Waals surface area contributed by atoms with Crippen molar-refractivity contribution in [1.29, 1.82) is 0 Å². The van der Waals surface area contributed by atoms with Crippen LogP contribution in [-0.4, -0.2) is 15.1 Å². The van der Waals surface area contributed by atoms with Gasteiger partial charge in [-0.05, 0) is 33.6 Å². The zero-order valence-electron chi connectivity index (χ0n) is 11.8. The fraction of sp³-hybridized carbons (Fsp3) is 0.500. The molecule has 1 aliphatic rings. The molecule has 5 nitrogen and oxygen atoms in total. The van der Waals surface area contributed by atoms with E-state index in [0.717, 1.165) is 41.5 Å². The summed E-state index contributed by atoms with van der Waals surface area (Å²) in [4.78, 5) is 8.83. The molecule has 1 atom stereocenters. The highest BCUT2D eigenvalue weighted by Gasteiger charge is 2.27. The minimum absolute atomic E-state index is 0.0549. The van der Waals surface area contributed by atoms with Crippen LogP contribution in [0.5, 0.6) is 0 Å². The monoisotopic (exact) mass is 292 g/mol. The van der Waals surface area contributed by atoms with Crippen molar-refractivity contribution < 1.29 is 4.52 Å². The van der Waals surface area contributed by atoms with E-state index in [9.17, 15) is 0 Å². The van der Waals surface area contributed by atoms with Crippen molar-refractivity contribution >= 4 is 17.4 Å². The molecule has 1 aliphatic carbocycles. The third kappa shape index (κ3) is 2.63. The summed E-state index contributed by atoms with van der Waals surface area (Å²) in [5.41, 5.74) is 1.96. The van der Waals surface area contributed by atoms with E-state index in [1.165, 1.54) is 0 Å². The Bertz CT molecular complexity index is 617. The minimum Gasteiger partial charge on any atom is -0.363 e. The van der Waals surface area contributed by atoms with Gasteiger partial charge in [0.15, 0.2) is 0 Å². The minimum atomic E-state index is 0.0549. The first kappa shape index (κ1) is 13.4. The molecule has 2 aromatic rings. The number of rotatable bonds is 4. The van der Waals surface area contributed by atoms with Crippen LogP contribution < -0.4 is 5.32 Å². The molecule has 106 valence electrons. The second kappa shape index (κ2) is 5.05. The maximum absolute atomic E-state index is 6.07. The molecule has 0 bridgehead atoms. The highest BCUT2D eigenvalue weighted by atomic mass is 35.5. The van der Waals surface area contributed by atoms with E-state index in [1.807, 2.05) is 13.8 Å². The van der Waals surface area contributed by atoms with E-state index in [-0.39, 0.29) is 6.04 Å². The lowest BCUT2D eigenvalue weighted by Gasteiger charge is -2.15. The molecule has 20 heavy (non-hydrogen) atoms. The number of hydrogen-bond donors (Lipinski definition) is 1. The van der Waals surface area contributed by atoms with Gasteiger partial charge >= 0.3 is 0 Å². The number of halogens is 1. The van der Waals surface area contributed by atoms with Crippen molar-refractivity contribution in [2.75, 3.05) is 5.32 Å². The third-order valence-corrected chi connectivity index (χ3v) is 3.73. The summed E-state index contributed by atoms with van der Waals surface area (Å²) in [5.74, 6) is 2.89. The van der Waals surface area contributed by atoms with Crippen LogP contribution in [0.2, 0.25) is 5.15 Å². The molecular formula is C14H17ClN4O. The molecule has 2 aromatic heterocycles. The molecule has 1 N–H and O–H groups in total. The largest absolute Gasteiger partial charge is 0.363 e. The number of nitrogens with zero attached hydrogens (tertiary/aromatic N) is 3. The number of hydrogen-bond acceptors (Lipinski definition) is 5. The molecule has 0 saturated heterocycles. The smallest absolute Gasteiger partial charge is 0.139 e. The van der Waals surface area contributed by atoms with Crippen LogP contribution in [0.4, 0.5) is 5.82 Å². The van der Waals surface area contributed by atoms with E-state index in [4.69, 9.17) is 16.1 Å². The second-order valence-electron chi connectivity index (χ2n) is 5.31. The Hall–Kier alpha value is -1.62. The Balaban J connectivity index is 1.83. The van der Waals surface area contributed by atoms with Crippen molar-refractivity contribution in [2.24, 2.45) is 0 Å². The number of aromatic nitrogens is 3. The van der Waals surface area contributed by atoms with E-state index in [0.29, 0.717) is 11.1 Å². The quantitative estimate of drug-likeness (QED) is 0.869. The summed E-state index contributed by atoms with van der Waals surface area (Å²) in [5, 5.41) is 7.81. The van der Waals surface area contributed by atoms with Crippen LogP contribution in [0, 0.1) is 13.8 Å². The second-order valence-corrected chi connectivity index (χ2v) is 5.70. The van der Waals surface area contributed by atoms with Gasteiger partial charge in [-0.1, -0.05) is 16.8 Å². The summed E-state index contributed by atoms with van der Waals surface area (Å²) < 4.78 is 5.20. The van der Waals surface area contributed by atoms with Gasteiger partial charge in [0.05, 0.1) is 11.7 Å². The van der Waals surface area contributed by atoms with Crippen molar-refractivity contribution in [3.05, 3.63) is 34.1 Å². The van der Waals surface area contributed by atoms with Gasteiger partial charge in [0.25, 0.3) is 0 Å². The molecular weight excluding hydrogens is 276 g/mol. The molecule has 0 aromatic carbocycles. The fourth-order valence-electron chi connectivity index (χ4n) is 2.44. The molecule has 0 aliphatic heterocycles. The van der Waals surface area contributed by atoms with Crippen LogP contribution in [0.1, 0.15) is 54.6 Å². The first-order valence-electron chi connectivity index (χ1n) is 6.78. The van der Waals surface area contributed by atoms with Gasteiger partial charge in [-0.2, -0.15) is 0 Å². The molecule has 1 saturated carbocycles. The summed E-state index contributed by atoms with van der Waals surface area (Å²) in [7, 11) is 0. The zero-order chi connectivity index (χ0) is 14.3. The summed E-state index contributed by atoms with van der Waals surface area (Å²) >= 11 is 6.07. The Labute approximate surface area is 122 Å². The summed E-state index contributed by atoms with van der Waals surface area (Å²) in [6, 6.07) is 1.81. The molecule has 1 unspecified atom stereocenters. The number of nitrogens with one attached hydrogen (secondary N) is 1. The van der Waals surface area contributed by atoms with Gasteiger partial charge in [0.2, 0.25) is 0 Å². The van der Waals surface area contributed by atoms with Gasteiger partial charge in [-0.25, -0.2) is 9.97 Å². The van der Waals surface area contributed by atoms with Crippen LogP contribution in [0.25, 0.3) is 0 Å². The lowest BCUT2D eigenvalue weighted by Crippen LogP contribution is -2.10. The van der Waals surface area contributed by atoms with Crippen LogP contribution in [0.15, 0.2) is 10.6 Å². The summed E-state index contributed by atoms with van der Waals surface area (Å²) in [6.07, 6.45) is 2.30. The topological polar surface area (TPSA) is 63.8 Å². The van der Waals surface area contributed by atoms with Gasteiger partial charge < -0.3 is 9.84 Å². The zero-order valence-corrected chi connectivity index (χ0v) is 12.5. The highest BCUT2D eigenvalue weighted by molar-refractivity contribution is 6.29. The Morgan fingerprint density at radius 2 is 2.10 bits per heavy atom. The van der Waals surface area contributed by atoms with Gasteiger partial charge in [-0.15, -0.1) is 0 Å². The van der Waals surface area contributed by atoms with Gasteiger partial charge in [0, 0.05) is 17.5 Å². The maximum atomic E-state index is 6.07. The van der Waals surface area contributed by atoms with Crippen molar-refractivity contribution in [2.45, 2.75) is 45.6 Å². The number of anilines is 1. The first-order chi connectivity index (χ1) is 9.54. The normalized spacial score (nSPS) is 16.2. The molecule has 6 heteroatoms. The Kier molecular flexibility index (Phi) is 3.38. The van der Waals surface area contributed by atoms with Gasteiger partial charge in [-0.3, -0.25) is 0 Å². The van der Waals surface area contributed by atoms with E-state index < -0.39 is 0 Å². The Morgan fingerprint density at radius 1 is 1.35 bits per heavy atom. The number of aryl methyl sites for hydroxylation is 2. The van der Waals surface area contributed by atoms with Crippen LogP contribution >= 0.6 is 11.6 Å². The highest BCUT2D eigenvalue weighted by Crippen LogP contribution is 2.39. The van der Waals surface area contributed by atoms with E-state index >= 15 is 0 Å². The van der Waals surface area contributed by atoms with Crippen molar-refractivity contribution in [3.8, 4) is 0 Å². The third-order valence-electron chi connectivity index (χ3n) is 3.54. The molecule has 0 radical (unpaired) electrons. The van der Waals surface area contributed by atoms with Gasteiger partial charge in [0.1, 0.15) is 22.6 Å². The Morgan fingerprint density at radius 3 is 2.70 bits per heavy atom. The summed E-state index contributed by atoms with van der Waals surface area (Å²) in [6.45, 7) is 5.90. The standard InChI is InChI=1S/C14H17ClN4O/c1-7(13-8(2)19-20-9(13)3)16-12-6-11(15)17-14(18-12)10-4-5-10/h6-7,10H,4-5H2,1-3H3,(H,16,17,18). The maximum Gasteiger partial charge on any atom is 0.139 e. The molecule has 0 amide bonds. The predicted molar refractivity (Wildman–Crippen MR) is 77.0 cm³/mol. The van der Waals surface area contributed by atoms with Crippen molar-refractivity contribution in [3.63, 3.8) is 0 Å². The molecule has 2 heterocycles. The SMILES string of the molecule is Cc1noc(C)c1C(C)Nc1cc(Cl)nc(C2CC2)n1. The average molecular weight is 293 g/mol. The van der Waals surface area contributed by atoms with Crippen LogP contribution in [0.3, 0.4) is 0 Å². The van der Waals surface area contributed by atoms with E-state index in [2.05, 4.69) is 27.4 Å².